The molecule has 0 bridgehead atoms. The summed E-state index contributed by atoms with van der Waals surface area (Å²) in [5, 5.41) is 3.43. The molecule has 1 aromatic rings. The number of likely N-dealkylation sites (tertiary alicyclic amines) is 1. The van der Waals surface area contributed by atoms with Crippen LogP contribution in [0.2, 0.25) is 0 Å². The Bertz CT molecular complexity index is 689. The zero-order valence-corrected chi connectivity index (χ0v) is 17.7. The second-order valence-electron chi connectivity index (χ2n) is 7.81. The lowest BCUT2D eigenvalue weighted by atomic mass is 10.2. The van der Waals surface area contributed by atoms with Gasteiger partial charge in [0.1, 0.15) is 0 Å². The van der Waals surface area contributed by atoms with Gasteiger partial charge in [0.15, 0.2) is 5.96 Å². The third kappa shape index (κ3) is 4.85. The van der Waals surface area contributed by atoms with Gasteiger partial charge >= 0.3 is 0 Å². The highest BCUT2D eigenvalue weighted by Gasteiger charge is 2.25. The lowest BCUT2D eigenvalue weighted by molar-refractivity contribution is -0.118. The van der Waals surface area contributed by atoms with Crippen LogP contribution in [0.25, 0.3) is 0 Å². The number of guanidine groups is 1. The minimum atomic E-state index is 0.222. The molecule has 0 aromatic heterocycles. The van der Waals surface area contributed by atoms with Gasteiger partial charge in [0, 0.05) is 51.9 Å². The maximum absolute atomic E-state index is 12.6. The topological polar surface area (TPSA) is 51.2 Å². The Hall–Kier alpha value is -2.08. The minimum absolute atomic E-state index is 0.222. The van der Waals surface area contributed by atoms with Crippen molar-refractivity contribution in [1.29, 1.82) is 0 Å². The van der Waals surface area contributed by atoms with E-state index in [9.17, 15) is 4.79 Å². The number of aliphatic imine (C=N–C) groups is 1. The molecule has 6 nitrogen and oxygen atoms in total. The molecule has 1 saturated heterocycles. The first-order valence-corrected chi connectivity index (χ1v) is 10.7. The number of fused-ring (bicyclic) bond motifs is 1. The van der Waals surface area contributed by atoms with Gasteiger partial charge in [-0.15, -0.1) is 0 Å². The van der Waals surface area contributed by atoms with Gasteiger partial charge in [-0.2, -0.15) is 0 Å². The Morgan fingerprint density at radius 1 is 1.32 bits per heavy atom. The molecule has 1 fully saturated rings. The Morgan fingerprint density at radius 2 is 2.14 bits per heavy atom. The number of nitrogens with one attached hydrogen (secondary N) is 1. The fraction of sp³-hybridized carbons (Fsp3) is 0.636. The van der Waals surface area contributed by atoms with Crippen LogP contribution in [0, 0.1) is 0 Å². The third-order valence-corrected chi connectivity index (χ3v) is 6.00. The number of carbonyl (C=O) groups is 1. The SMILES string of the molecule is CCN1CCCC1CN(C)C(=NC)NCCCC(=O)N1CCc2ccccc21. The molecule has 3 rings (SSSR count). The van der Waals surface area contributed by atoms with Crippen molar-refractivity contribution < 1.29 is 4.79 Å². The van der Waals surface area contributed by atoms with E-state index in [0.717, 1.165) is 50.7 Å². The molecule has 2 heterocycles. The van der Waals surface area contributed by atoms with Crippen LogP contribution in [0.5, 0.6) is 0 Å². The van der Waals surface area contributed by atoms with Crippen molar-refractivity contribution in [3.63, 3.8) is 0 Å². The lowest BCUT2D eigenvalue weighted by Gasteiger charge is -2.29. The highest BCUT2D eigenvalue weighted by molar-refractivity contribution is 5.95. The quantitative estimate of drug-likeness (QED) is 0.445. The van der Waals surface area contributed by atoms with Crippen molar-refractivity contribution in [3.8, 4) is 0 Å². The van der Waals surface area contributed by atoms with Crippen LogP contribution in [0.1, 0.15) is 38.2 Å². The molecule has 0 radical (unpaired) electrons. The molecule has 154 valence electrons. The van der Waals surface area contributed by atoms with E-state index in [1.165, 1.54) is 24.9 Å². The average Bonchev–Trinajstić information content (AvgIpc) is 3.34. The first-order valence-electron chi connectivity index (χ1n) is 10.7. The highest BCUT2D eigenvalue weighted by Crippen LogP contribution is 2.28. The molecule has 2 aliphatic rings. The number of para-hydroxylation sites is 1. The predicted octanol–water partition coefficient (Wildman–Crippen LogP) is 2.35. The predicted molar refractivity (Wildman–Crippen MR) is 116 cm³/mol. The van der Waals surface area contributed by atoms with E-state index in [1.54, 1.807) is 0 Å². The Balaban J connectivity index is 1.40. The largest absolute Gasteiger partial charge is 0.356 e. The zero-order valence-electron chi connectivity index (χ0n) is 17.7. The van der Waals surface area contributed by atoms with Gasteiger partial charge in [-0.1, -0.05) is 25.1 Å². The second kappa shape index (κ2) is 9.92. The number of nitrogens with zero attached hydrogens (tertiary/aromatic N) is 4. The Kier molecular flexibility index (Phi) is 7.31. The van der Waals surface area contributed by atoms with Crippen molar-refractivity contribution in [2.45, 2.75) is 45.1 Å². The van der Waals surface area contributed by atoms with E-state index < -0.39 is 0 Å². The molecule has 1 unspecified atom stereocenters. The molecule has 2 aliphatic heterocycles. The van der Waals surface area contributed by atoms with Crippen molar-refractivity contribution in [2.24, 2.45) is 4.99 Å². The maximum atomic E-state index is 12.6. The van der Waals surface area contributed by atoms with Crippen LogP contribution in [-0.2, 0) is 11.2 Å². The van der Waals surface area contributed by atoms with Crippen molar-refractivity contribution in [1.82, 2.24) is 15.1 Å². The normalized spacial score (nSPS) is 19.8. The van der Waals surface area contributed by atoms with Gasteiger partial charge < -0.3 is 15.1 Å². The number of hydrogen-bond donors (Lipinski definition) is 1. The van der Waals surface area contributed by atoms with Gasteiger partial charge in [0.05, 0.1) is 0 Å². The van der Waals surface area contributed by atoms with Gasteiger partial charge in [0.25, 0.3) is 0 Å². The summed E-state index contributed by atoms with van der Waals surface area (Å²) in [4.78, 5) is 23.7. The number of rotatable bonds is 7. The summed E-state index contributed by atoms with van der Waals surface area (Å²) in [6.07, 6.45) is 4.90. The van der Waals surface area contributed by atoms with Crippen molar-refractivity contribution >= 4 is 17.6 Å². The van der Waals surface area contributed by atoms with Crippen LogP contribution >= 0.6 is 0 Å². The minimum Gasteiger partial charge on any atom is -0.356 e. The second-order valence-corrected chi connectivity index (χ2v) is 7.81. The molecule has 1 aromatic carbocycles. The molecular formula is C22H35N5O. The van der Waals surface area contributed by atoms with Crippen LogP contribution < -0.4 is 10.2 Å². The summed E-state index contributed by atoms with van der Waals surface area (Å²) in [5.74, 6) is 1.14. The molecular weight excluding hydrogens is 350 g/mol. The Labute approximate surface area is 169 Å². The fourth-order valence-electron chi connectivity index (χ4n) is 4.48. The van der Waals surface area contributed by atoms with E-state index in [4.69, 9.17) is 0 Å². The summed E-state index contributed by atoms with van der Waals surface area (Å²) in [5.41, 5.74) is 2.37. The summed E-state index contributed by atoms with van der Waals surface area (Å²) in [6, 6.07) is 8.84. The molecule has 1 amide bonds. The lowest BCUT2D eigenvalue weighted by Crippen LogP contribution is -2.46. The zero-order chi connectivity index (χ0) is 19.9. The highest BCUT2D eigenvalue weighted by atomic mass is 16.2. The van der Waals surface area contributed by atoms with Crippen molar-refractivity contribution in [3.05, 3.63) is 29.8 Å². The van der Waals surface area contributed by atoms with E-state index in [0.29, 0.717) is 12.5 Å². The van der Waals surface area contributed by atoms with Gasteiger partial charge in [-0.05, 0) is 50.4 Å². The third-order valence-electron chi connectivity index (χ3n) is 6.00. The summed E-state index contributed by atoms with van der Waals surface area (Å²) in [7, 11) is 3.94. The van der Waals surface area contributed by atoms with E-state index >= 15 is 0 Å². The van der Waals surface area contributed by atoms with Gasteiger partial charge in [-0.3, -0.25) is 14.7 Å². The first kappa shape index (κ1) is 20.6. The number of hydrogen-bond acceptors (Lipinski definition) is 3. The number of carbonyl (C=O) groups excluding carboxylic acids is 1. The monoisotopic (exact) mass is 385 g/mol. The molecule has 0 aliphatic carbocycles. The maximum Gasteiger partial charge on any atom is 0.227 e. The molecule has 28 heavy (non-hydrogen) atoms. The summed E-state index contributed by atoms with van der Waals surface area (Å²) < 4.78 is 0. The molecule has 6 heteroatoms. The van der Waals surface area contributed by atoms with Crippen LogP contribution in [0.15, 0.2) is 29.3 Å². The molecule has 1 N–H and O–H groups in total. The molecule has 1 atom stereocenters. The van der Waals surface area contributed by atoms with E-state index in [1.807, 2.05) is 24.1 Å². The van der Waals surface area contributed by atoms with E-state index in [2.05, 4.69) is 46.2 Å². The molecule has 0 spiro atoms. The number of anilines is 1. The standard InChI is InChI=1S/C22H35N5O/c1-4-26-15-8-10-19(26)17-25(3)22(23-2)24-14-7-12-21(28)27-16-13-18-9-5-6-11-20(18)27/h5-6,9,11,19H,4,7-8,10,12-17H2,1-3H3,(H,23,24). The van der Waals surface area contributed by atoms with Crippen LogP contribution in [-0.4, -0.2) is 74.5 Å². The van der Waals surface area contributed by atoms with Gasteiger partial charge in [-0.25, -0.2) is 0 Å². The number of likely N-dealkylation sites (N-methyl/N-ethyl adjacent to an activating group) is 2. The van der Waals surface area contributed by atoms with Crippen LogP contribution in [0.4, 0.5) is 5.69 Å². The fourth-order valence-corrected chi connectivity index (χ4v) is 4.48. The first-order chi connectivity index (χ1) is 13.6. The van der Waals surface area contributed by atoms with Gasteiger partial charge in [0.2, 0.25) is 5.91 Å². The molecule has 0 saturated carbocycles. The summed E-state index contributed by atoms with van der Waals surface area (Å²) in [6.45, 7) is 7.14. The van der Waals surface area contributed by atoms with Crippen LogP contribution in [0.3, 0.4) is 0 Å². The van der Waals surface area contributed by atoms with E-state index in [-0.39, 0.29) is 5.91 Å². The Morgan fingerprint density at radius 3 is 2.93 bits per heavy atom. The smallest absolute Gasteiger partial charge is 0.227 e. The summed E-state index contributed by atoms with van der Waals surface area (Å²) >= 11 is 0. The number of amides is 1. The average molecular weight is 386 g/mol. The number of benzene rings is 1. The van der Waals surface area contributed by atoms with Crippen molar-refractivity contribution in [2.75, 3.05) is 51.7 Å².